The summed E-state index contributed by atoms with van der Waals surface area (Å²) >= 11 is 0. The maximum Gasteiger partial charge on any atom is 0.313 e. The van der Waals surface area contributed by atoms with Gasteiger partial charge in [-0.1, -0.05) is 111 Å². The Balaban J connectivity index is 1.34. The lowest BCUT2D eigenvalue weighted by Crippen LogP contribution is -2.68. The number of ether oxygens (including phenoxy) is 1. The summed E-state index contributed by atoms with van der Waals surface area (Å²) in [6.45, 7) is 29.3. The summed E-state index contributed by atoms with van der Waals surface area (Å²) in [7, 11) is -2.07. The van der Waals surface area contributed by atoms with Gasteiger partial charge in [-0.05, 0) is 126 Å². The zero-order valence-electron chi connectivity index (χ0n) is 32.5. The number of esters is 1. The molecule has 268 valence electrons. The molecule has 0 heterocycles. The largest absolute Gasteiger partial charge is 0.460 e. The number of carbonyl (C=O) groups excluding carboxylic acids is 1. The van der Waals surface area contributed by atoms with Crippen LogP contribution < -0.4 is 0 Å². The Labute approximate surface area is 294 Å². The molecular weight excluding hydrogens is 609 g/mol. The molecule has 4 fully saturated rings. The van der Waals surface area contributed by atoms with Crippen LogP contribution in [0.3, 0.4) is 0 Å². The highest BCUT2D eigenvalue weighted by Gasteiger charge is 2.71. The molecule has 0 amide bonds. The topological polar surface area (TPSA) is 55.8 Å². The van der Waals surface area contributed by atoms with Gasteiger partial charge in [-0.2, -0.15) is 0 Å². The van der Waals surface area contributed by atoms with Gasteiger partial charge in [0.2, 0.25) is 0 Å². The van der Waals surface area contributed by atoms with E-state index in [4.69, 9.17) is 9.16 Å². The highest BCUT2D eigenvalue weighted by Crippen LogP contribution is 2.76. The summed E-state index contributed by atoms with van der Waals surface area (Å²) in [6, 6.07) is 10.2. The van der Waals surface area contributed by atoms with Crippen LogP contribution in [-0.4, -0.2) is 31.6 Å². The van der Waals surface area contributed by atoms with Crippen LogP contribution in [0.5, 0.6) is 0 Å². The monoisotopic (exact) mass is 676 g/mol. The zero-order valence-corrected chi connectivity index (χ0v) is 33.5. The molecule has 1 aromatic carbocycles. The molecule has 6 rings (SSSR count). The van der Waals surface area contributed by atoms with Gasteiger partial charge in [0.1, 0.15) is 6.61 Å². The molecule has 5 aliphatic rings. The first kappa shape index (κ1) is 36.4. The van der Waals surface area contributed by atoms with E-state index in [2.05, 4.69) is 101 Å². The van der Waals surface area contributed by atoms with Crippen LogP contribution in [0.15, 0.2) is 42.0 Å². The molecule has 0 unspecified atom stereocenters. The van der Waals surface area contributed by atoms with Gasteiger partial charge in [-0.3, -0.25) is 4.79 Å². The van der Waals surface area contributed by atoms with Crippen molar-refractivity contribution in [1.82, 2.24) is 0 Å². The smallest absolute Gasteiger partial charge is 0.313 e. The minimum Gasteiger partial charge on any atom is -0.460 e. The van der Waals surface area contributed by atoms with E-state index in [1.165, 1.54) is 12.8 Å². The Hall–Kier alpha value is -1.43. The molecule has 48 heavy (non-hydrogen) atoms. The lowest BCUT2D eigenvalue weighted by Gasteiger charge is -2.72. The molecule has 0 aromatic heterocycles. The van der Waals surface area contributed by atoms with Gasteiger partial charge in [0.15, 0.2) is 8.32 Å². The fraction of sp³-hybridized carbons (Fsp3) is 0.791. The van der Waals surface area contributed by atoms with Gasteiger partial charge in [-0.15, -0.1) is 0 Å². The van der Waals surface area contributed by atoms with E-state index in [9.17, 15) is 9.90 Å². The molecule has 0 saturated heterocycles. The fourth-order valence-corrected chi connectivity index (χ4v) is 14.0. The van der Waals surface area contributed by atoms with Crippen LogP contribution in [0.2, 0.25) is 18.1 Å². The summed E-state index contributed by atoms with van der Waals surface area (Å²) in [5.41, 5.74) is 2.21. The van der Waals surface area contributed by atoms with Crippen LogP contribution in [-0.2, 0) is 20.6 Å². The van der Waals surface area contributed by atoms with E-state index in [1.807, 2.05) is 18.2 Å². The SMILES string of the molecule is C[C@H]1[C@H](C)CC[C@]2(C(=O)OCc3ccccc3)CC[C@]3(C)C(=CC[C@@H]4[C@@]5(C)C[C@H](O)[C@H](O[Si](C)(C)C(C)(C)C)C(C)(C)[C@@H]5CC[C@]43C)[C@H]12. The summed E-state index contributed by atoms with van der Waals surface area (Å²) < 4.78 is 13.4. The molecule has 0 spiro atoms. The average molecular weight is 677 g/mol. The lowest BCUT2D eigenvalue weighted by atomic mass is 9.33. The van der Waals surface area contributed by atoms with Crippen molar-refractivity contribution in [1.29, 1.82) is 0 Å². The van der Waals surface area contributed by atoms with Gasteiger partial charge >= 0.3 is 5.97 Å². The number of rotatable bonds is 5. The third kappa shape index (κ3) is 5.20. The number of aliphatic hydroxyl groups excluding tert-OH is 1. The van der Waals surface area contributed by atoms with Gasteiger partial charge < -0.3 is 14.3 Å². The highest BCUT2D eigenvalue weighted by atomic mass is 28.4. The highest BCUT2D eigenvalue weighted by molar-refractivity contribution is 6.74. The Kier molecular flexibility index (Phi) is 8.94. The number of aliphatic hydroxyl groups is 1. The van der Waals surface area contributed by atoms with E-state index in [0.29, 0.717) is 30.3 Å². The standard InChI is InChI=1S/C43H68O4Si/c1-28-20-23-43(37(45)46-27-30-16-14-13-15-17-30)25-24-41(9)31(35(43)29(28)2)18-19-34-40(8)26-32(44)36(47-48(11,12)38(3,4)5)39(6,7)33(40)21-22-42(34,41)10/h13-18,28-29,32-36,44H,19-27H2,1-12H3/t28-,29+,32+,33+,34-,35+,36+,40+,41-,42-,43+/m1/s1. The van der Waals surface area contributed by atoms with Gasteiger partial charge in [0.25, 0.3) is 0 Å². The Morgan fingerprint density at radius 1 is 0.938 bits per heavy atom. The average Bonchev–Trinajstić information content (AvgIpc) is 3.00. The number of hydrogen-bond donors (Lipinski definition) is 1. The first-order valence-corrected chi connectivity index (χ1v) is 22.3. The van der Waals surface area contributed by atoms with Crippen LogP contribution in [0.25, 0.3) is 0 Å². The third-order valence-electron chi connectivity index (χ3n) is 16.7. The maximum atomic E-state index is 14.4. The van der Waals surface area contributed by atoms with Crippen LogP contribution in [0.1, 0.15) is 126 Å². The van der Waals surface area contributed by atoms with Crippen molar-refractivity contribution >= 4 is 14.3 Å². The fourth-order valence-electron chi connectivity index (χ4n) is 12.6. The van der Waals surface area contributed by atoms with E-state index in [0.717, 1.165) is 44.1 Å². The summed E-state index contributed by atoms with van der Waals surface area (Å²) in [6.07, 6.45) is 10.2. The predicted octanol–water partition coefficient (Wildman–Crippen LogP) is 10.7. The van der Waals surface area contributed by atoms with Gasteiger partial charge in [-0.25, -0.2) is 0 Å². The lowest BCUT2D eigenvalue weighted by molar-refractivity contribution is -0.229. The van der Waals surface area contributed by atoms with E-state index in [1.54, 1.807) is 5.57 Å². The molecule has 4 nitrogen and oxygen atoms in total. The van der Waals surface area contributed by atoms with Crippen molar-refractivity contribution in [2.75, 3.05) is 0 Å². The summed E-state index contributed by atoms with van der Waals surface area (Å²) in [5.74, 6) is 2.25. The van der Waals surface area contributed by atoms with E-state index >= 15 is 0 Å². The third-order valence-corrected chi connectivity index (χ3v) is 21.2. The van der Waals surface area contributed by atoms with Crippen LogP contribution in [0.4, 0.5) is 0 Å². The Bertz CT molecular complexity index is 1410. The molecule has 0 radical (unpaired) electrons. The van der Waals surface area contributed by atoms with E-state index in [-0.39, 0.29) is 44.7 Å². The predicted molar refractivity (Wildman–Crippen MR) is 199 cm³/mol. The van der Waals surface area contributed by atoms with Crippen molar-refractivity contribution in [3.8, 4) is 0 Å². The van der Waals surface area contributed by atoms with Gasteiger partial charge in [0, 0.05) is 0 Å². The number of carbonyl (C=O) groups is 1. The normalized spacial score (nSPS) is 43.9. The molecule has 5 heteroatoms. The first-order valence-electron chi connectivity index (χ1n) is 19.4. The molecule has 11 atom stereocenters. The molecule has 0 aliphatic heterocycles. The second-order valence-corrected chi connectivity index (χ2v) is 25.0. The van der Waals surface area contributed by atoms with Crippen molar-refractivity contribution in [2.24, 2.45) is 56.7 Å². The van der Waals surface area contributed by atoms with E-state index < -0.39 is 19.8 Å². The van der Waals surface area contributed by atoms with Crippen molar-refractivity contribution in [2.45, 2.75) is 158 Å². The maximum absolute atomic E-state index is 14.4. The van der Waals surface area contributed by atoms with Crippen molar-refractivity contribution in [3.05, 3.63) is 47.5 Å². The molecule has 0 bridgehead atoms. The summed E-state index contributed by atoms with van der Waals surface area (Å²) in [4.78, 5) is 14.4. The molecule has 4 saturated carbocycles. The first-order chi connectivity index (χ1) is 22.2. The molecular formula is C43H68O4Si. The summed E-state index contributed by atoms with van der Waals surface area (Å²) in [5, 5.41) is 12.2. The second kappa shape index (κ2) is 11.8. The quantitative estimate of drug-likeness (QED) is 0.192. The minimum absolute atomic E-state index is 0.0167. The second-order valence-electron chi connectivity index (χ2n) is 20.3. The number of fused-ring (bicyclic) bond motifs is 7. The van der Waals surface area contributed by atoms with Crippen molar-refractivity contribution < 1.29 is 19.1 Å². The van der Waals surface area contributed by atoms with Crippen LogP contribution in [0, 0.1) is 56.7 Å². The van der Waals surface area contributed by atoms with Crippen LogP contribution >= 0.6 is 0 Å². The minimum atomic E-state index is -2.07. The number of hydrogen-bond acceptors (Lipinski definition) is 4. The van der Waals surface area contributed by atoms with Crippen molar-refractivity contribution in [3.63, 3.8) is 0 Å². The van der Waals surface area contributed by atoms with Gasteiger partial charge in [0.05, 0.1) is 17.6 Å². The Morgan fingerprint density at radius 2 is 1.60 bits per heavy atom. The zero-order chi connectivity index (χ0) is 35.3. The molecule has 1 aromatic rings. The number of allylic oxidation sites excluding steroid dienone is 2. The Morgan fingerprint density at radius 3 is 2.25 bits per heavy atom. The molecule has 5 aliphatic carbocycles. The molecule has 1 N–H and O–H groups in total. The number of benzene rings is 1.